The van der Waals surface area contributed by atoms with E-state index in [1.807, 2.05) is 13.8 Å². The Hall–Kier alpha value is -4.25. The van der Waals surface area contributed by atoms with Gasteiger partial charge < -0.3 is 10.1 Å². The number of hydrazine groups is 1. The van der Waals surface area contributed by atoms with Gasteiger partial charge in [-0.1, -0.05) is 62.4 Å². The van der Waals surface area contributed by atoms with Gasteiger partial charge in [0.1, 0.15) is 11.7 Å². The van der Waals surface area contributed by atoms with Gasteiger partial charge in [0.2, 0.25) is 0 Å². The van der Waals surface area contributed by atoms with E-state index in [0.717, 1.165) is 16.5 Å². The SMILES string of the molecule is COc1c(NC(CC(C)C)C(=O)NN(Cc2ccccc2)C(=O)/C=C/S(=O)(=O)c2ccccc2)c(=O)c1=O. The van der Waals surface area contributed by atoms with Crippen molar-refractivity contribution >= 4 is 27.3 Å². The van der Waals surface area contributed by atoms with Gasteiger partial charge in [-0.2, -0.15) is 0 Å². The van der Waals surface area contributed by atoms with E-state index in [2.05, 4.69) is 10.7 Å². The van der Waals surface area contributed by atoms with Gasteiger partial charge in [-0.25, -0.2) is 13.4 Å². The Morgan fingerprint density at radius 3 is 2.16 bits per heavy atom. The summed E-state index contributed by atoms with van der Waals surface area (Å²) < 4.78 is 30.2. The van der Waals surface area contributed by atoms with Gasteiger partial charge in [0.25, 0.3) is 22.7 Å². The summed E-state index contributed by atoms with van der Waals surface area (Å²) >= 11 is 0. The van der Waals surface area contributed by atoms with Crippen LogP contribution < -0.4 is 26.3 Å². The highest BCUT2D eigenvalue weighted by molar-refractivity contribution is 7.94. The molecule has 38 heavy (non-hydrogen) atoms. The number of benzene rings is 2. The Bertz CT molecular complexity index is 1480. The zero-order chi connectivity index (χ0) is 27.9. The molecule has 2 amide bonds. The monoisotopic (exact) mass is 539 g/mol. The first kappa shape index (κ1) is 28.3. The van der Waals surface area contributed by atoms with E-state index in [9.17, 15) is 27.6 Å². The molecule has 10 nitrogen and oxygen atoms in total. The highest BCUT2D eigenvalue weighted by atomic mass is 32.2. The molecule has 0 radical (unpaired) electrons. The molecule has 0 aliphatic carbocycles. The van der Waals surface area contributed by atoms with Crippen LogP contribution in [0.1, 0.15) is 25.8 Å². The van der Waals surface area contributed by atoms with Crippen molar-refractivity contribution in [2.45, 2.75) is 37.8 Å². The molecule has 0 saturated heterocycles. The number of methoxy groups -OCH3 is 1. The molecule has 0 aliphatic heterocycles. The Morgan fingerprint density at radius 2 is 1.58 bits per heavy atom. The van der Waals surface area contributed by atoms with Crippen molar-refractivity contribution in [3.8, 4) is 5.75 Å². The Labute approximate surface area is 220 Å². The van der Waals surface area contributed by atoms with Gasteiger partial charge in [0, 0.05) is 11.5 Å². The number of anilines is 1. The molecule has 200 valence electrons. The fourth-order valence-corrected chi connectivity index (χ4v) is 4.64. The molecular formula is C27H29N3O7S. The van der Waals surface area contributed by atoms with Gasteiger partial charge in [0.05, 0.1) is 18.6 Å². The maximum Gasteiger partial charge on any atom is 0.271 e. The van der Waals surface area contributed by atoms with Gasteiger partial charge in [-0.15, -0.1) is 0 Å². The van der Waals surface area contributed by atoms with E-state index < -0.39 is 38.6 Å². The maximum absolute atomic E-state index is 13.3. The number of sulfone groups is 1. The van der Waals surface area contributed by atoms with Gasteiger partial charge in [0.15, 0.2) is 15.6 Å². The first-order chi connectivity index (χ1) is 18.0. The second-order valence-electron chi connectivity index (χ2n) is 8.94. The third-order valence-corrected chi connectivity index (χ3v) is 6.99. The Kier molecular flexibility index (Phi) is 9.19. The van der Waals surface area contributed by atoms with Crippen LogP contribution in [0, 0.1) is 5.92 Å². The molecule has 1 unspecified atom stereocenters. The number of ether oxygens (including phenoxy) is 1. The van der Waals surface area contributed by atoms with Crippen molar-refractivity contribution in [2.75, 3.05) is 12.4 Å². The summed E-state index contributed by atoms with van der Waals surface area (Å²) in [5.41, 5.74) is 1.53. The number of nitrogens with zero attached hydrogens (tertiary/aromatic N) is 1. The zero-order valence-corrected chi connectivity index (χ0v) is 22.0. The standard InChI is InChI=1S/C27H29N3O7S/c1-18(2)16-21(28-23-24(32)25(33)26(23)37-3)27(34)29-30(17-19-10-6-4-7-11-19)22(31)14-15-38(35,36)20-12-8-5-9-13-20/h4-15,18,21,28H,16-17H2,1-3H3,(H,29,34)/b15-14+. The fourth-order valence-electron chi connectivity index (χ4n) is 3.65. The molecule has 3 aromatic carbocycles. The van der Waals surface area contributed by atoms with Crippen LogP contribution in [0.2, 0.25) is 0 Å². The summed E-state index contributed by atoms with van der Waals surface area (Å²) in [4.78, 5) is 50.2. The lowest BCUT2D eigenvalue weighted by molar-refractivity contribution is -0.139. The first-order valence-corrected chi connectivity index (χ1v) is 13.4. The van der Waals surface area contributed by atoms with Crippen LogP contribution in [-0.2, 0) is 26.0 Å². The van der Waals surface area contributed by atoms with Gasteiger partial charge in [-0.3, -0.25) is 24.6 Å². The minimum atomic E-state index is -3.90. The predicted octanol–water partition coefficient (Wildman–Crippen LogP) is 2.17. The van der Waals surface area contributed by atoms with E-state index in [4.69, 9.17) is 4.74 Å². The minimum absolute atomic E-state index is 0.00455. The molecule has 0 saturated carbocycles. The third kappa shape index (κ3) is 6.94. The summed E-state index contributed by atoms with van der Waals surface area (Å²) in [6.07, 6.45) is 1.13. The number of carbonyl (C=O) groups is 2. The highest BCUT2D eigenvalue weighted by Gasteiger charge is 2.29. The topological polar surface area (TPSA) is 139 Å². The van der Waals surface area contributed by atoms with Crippen LogP contribution in [0.3, 0.4) is 0 Å². The molecule has 3 aromatic rings. The molecule has 11 heteroatoms. The molecule has 0 bridgehead atoms. The molecule has 0 spiro atoms. The van der Waals surface area contributed by atoms with Crippen LogP contribution in [-0.4, -0.2) is 38.4 Å². The van der Waals surface area contributed by atoms with Gasteiger partial charge in [-0.05, 0) is 30.0 Å². The first-order valence-electron chi connectivity index (χ1n) is 11.8. The number of carbonyl (C=O) groups excluding carboxylic acids is 2. The molecule has 0 heterocycles. The molecule has 0 aromatic heterocycles. The average Bonchev–Trinajstić information content (AvgIpc) is 2.91. The Balaban J connectivity index is 1.86. The Morgan fingerprint density at radius 1 is 0.974 bits per heavy atom. The third-order valence-electron chi connectivity index (χ3n) is 5.57. The van der Waals surface area contributed by atoms with Crippen LogP contribution >= 0.6 is 0 Å². The van der Waals surface area contributed by atoms with Crippen molar-refractivity contribution in [3.05, 3.63) is 98.2 Å². The predicted molar refractivity (Wildman–Crippen MR) is 143 cm³/mol. The number of nitrogens with one attached hydrogen (secondary N) is 2. The van der Waals surface area contributed by atoms with Crippen molar-refractivity contribution in [3.63, 3.8) is 0 Å². The van der Waals surface area contributed by atoms with Crippen molar-refractivity contribution < 1.29 is 22.7 Å². The van der Waals surface area contributed by atoms with E-state index in [0.29, 0.717) is 5.56 Å². The number of rotatable bonds is 11. The summed E-state index contributed by atoms with van der Waals surface area (Å²) in [6, 6.07) is 15.4. The summed E-state index contributed by atoms with van der Waals surface area (Å²) in [6.45, 7) is 3.68. The molecule has 3 rings (SSSR count). The van der Waals surface area contributed by atoms with Crippen LogP contribution in [0.15, 0.2) is 86.6 Å². The summed E-state index contributed by atoms with van der Waals surface area (Å²) in [5.74, 6) is -1.60. The second-order valence-corrected chi connectivity index (χ2v) is 10.8. The highest BCUT2D eigenvalue weighted by Crippen LogP contribution is 2.20. The number of amides is 2. The molecule has 2 N–H and O–H groups in total. The second kappa shape index (κ2) is 12.3. The number of hydrogen-bond donors (Lipinski definition) is 2. The van der Waals surface area contributed by atoms with E-state index >= 15 is 0 Å². The minimum Gasteiger partial charge on any atom is -0.491 e. The molecule has 0 aliphatic rings. The summed E-state index contributed by atoms with van der Waals surface area (Å²) in [7, 11) is -2.65. The van der Waals surface area contributed by atoms with Gasteiger partial charge >= 0.3 is 0 Å². The smallest absolute Gasteiger partial charge is 0.271 e. The van der Waals surface area contributed by atoms with Crippen molar-refractivity contribution in [2.24, 2.45) is 5.92 Å². The average molecular weight is 540 g/mol. The van der Waals surface area contributed by atoms with Crippen molar-refractivity contribution in [1.82, 2.24) is 10.4 Å². The van der Waals surface area contributed by atoms with E-state index in [1.54, 1.807) is 48.5 Å². The lowest BCUT2D eigenvalue weighted by atomic mass is 10.0. The summed E-state index contributed by atoms with van der Waals surface area (Å²) in [5, 5.41) is 4.55. The van der Waals surface area contributed by atoms with Crippen LogP contribution in [0.5, 0.6) is 5.75 Å². The fraction of sp³-hybridized carbons (Fsp3) is 0.259. The van der Waals surface area contributed by atoms with E-state index in [1.165, 1.54) is 19.2 Å². The van der Waals surface area contributed by atoms with Crippen LogP contribution in [0.25, 0.3) is 0 Å². The molecular weight excluding hydrogens is 510 g/mol. The quantitative estimate of drug-likeness (QED) is 0.215. The molecule has 0 fully saturated rings. The van der Waals surface area contributed by atoms with Crippen LogP contribution in [0.4, 0.5) is 5.69 Å². The lowest BCUT2D eigenvalue weighted by Crippen LogP contribution is -2.52. The maximum atomic E-state index is 13.3. The van der Waals surface area contributed by atoms with E-state index in [-0.39, 0.29) is 35.2 Å². The lowest BCUT2D eigenvalue weighted by Gasteiger charge is -2.27. The van der Waals surface area contributed by atoms with Crippen molar-refractivity contribution in [1.29, 1.82) is 0 Å². The normalized spacial score (nSPS) is 12.4. The largest absolute Gasteiger partial charge is 0.491 e. The zero-order valence-electron chi connectivity index (χ0n) is 21.2. The molecule has 1 atom stereocenters. The number of hydrogen-bond acceptors (Lipinski definition) is 8.